The fraction of sp³-hybridized carbons (Fsp3) is 0.0833. The Morgan fingerprint density at radius 2 is 1.74 bits per heavy atom. The summed E-state index contributed by atoms with van der Waals surface area (Å²) in [7, 11) is 1.63. The van der Waals surface area contributed by atoms with Gasteiger partial charge in [0.1, 0.15) is 11.5 Å². The van der Waals surface area contributed by atoms with Gasteiger partial charge in [-0.3, -0.25) is 10.1 Å². The van der Waals surface area contributed by atoms with Crippen LogP contribution in [0.5, 0.6) is 11.5 Å². The lowest BCUT2D eigenvalue weighted by Crippen LogP contribution is -2.20. The molecule has 156 valence electrons. The molecule has 1 aromatic heterocycles. The second-order valence-corrected chi connectivity index (χ2v) is 8.33. The van der Waals surface area contributed by atoms with Crippen molar-refractivity contribution >= 4 is 38.3 Å². The van der Waals surface area contributed by atoms with E-state index in [4.69, 9.17) is 9.47 Å². The normalized spacial score (nSPS) is 10.5. The highest BCUT2D eigenvalue weighted by Gasteiger charge is 2.11. The molecule has 4 rings (SSSR count). The van der Waals surface area contributed by atoms with Crippen LogP contribution in [0, 0.1) is 0 Å². The van der Waals surface area contributed by atoms with E-state index >= 15 is 0 Å². The number of anilines is 1. The third kappa shape index (κ3) is 5.31. The lowest BCUT2D eigenvalue weighted by molar-refractivity contribution is -0.118. The maximum absolute atomic E-state index is 12.3. The number of ether oxygens (including phenoxy) is 2. The summed E-state index contributed by atoms with van der Waals surface area (Å²) in [6.45, 7) is -0.110. The molecule has 0 saturated heterocycles. The Bertz CT molecular complexity index is 1180. The van der Waals surface area contributed by atoms with Gasteiger partial charge in [-0.05, 0) is 63.5 Å². The van der Waals surface area contributed by atoms with E-state index in [1.54, 1.807) is 7.11 Å². The molecule has 0 aliphatic heterocycles. The van der Waals surface area contributed by atoms with Crippen LogP contribution in [-0.2, 0) is 4.79 Å². The van der Waals surface area contributed by atoms with E-state index < -0.39 is 0 Å². The number of nitrogens with zero attached hydrogens (tertiary/aromatic N) is 1. The molecule has 3 aromatic carbocycles. The Morgan fingerprint density at radius 1 is 1.00 bits per heavy atom. The number of rotatable bonds is 7. The van der Waals surface area contributed by atoms with Crippen molar-refractivity contribution in [2.75, 3.05) is 19.0 Å². The zero-order valence-electron chi connectivity index (χ0n) is 16.7. The summed E-state index contributed by atoms with van der Waals surface area (Å²) in [5.41, 5.74) is 3.93. The van der Waals surface area contributed by atoms with Crippen molar-refractivity contribution in [3.63, 3.8) is 0 Å². The fourth-order valence-corrected chi connectivity index (χ4v) is 4.18. The monoisotopic (exact) mass is 494 g/mol. The largest absolute Gasteiger partial charge is 0.497 e. The predicted octanol–water partition coefficient (Wildman–Crippen LogP) is 6.27. The number of halogens is 1. The van der Waals surface area contributed by atoms with E-state index in [0.717, 1.165) is 32.6 Å². The fourth-order valence-electron chi connectivity index (χ4n) is 2.95. The van der Waals surface area contributed by atoms with Crippen LogP contribution in [0.4, 0.5) is 5.13 Å². The lowest BCUT2D eigenvalue weighted by atomic mass is 10.1. The van der Waals surface area contributed by atoms with E-state index in [2.05, 4.69) is 26.2 Å². The smallest absolute Gasteiger partial charge is 0.264 e. The van der Waals surface area contributed by atoms with Gasteiger partial charge in [0.2, 0.25) is 0 Å². The van der Waals surface area contributed by atoms with Gasteiger partial charge in [-0.2, -0.15) is 0 Å². The second-order valence-electron chi connectivity index (χ2n) is 6.61. The molecule has 4 aromatic rings. The average Bonchev–Trinajstić information content (AvgIpc) is 3.27. The maximum Gasteiger partial charge on any atom is 0.264 e. The Morgan fingerprint density at radius 3 is 2.45 bits per heavy atom. The summed E-state index contributed by atoms with van der Waals surface area (Å²) in [6.07, 6.45) is 0. The molecule has 7 heteroatoms. The van der Waals surface area contributed by atoms with Crippen molar-refractivity contribution in [1.82, 2.24) is 4.98 Å². The number of nitrogens with one attached hydrogen (secondary N) is 1. The van der Waals surface area contributed by atoms with Gasteiger partial charge in [-0.15, -0.1) is 11.3 Å². The number of carbonyl (C=O) groups excluding carboxylic acids is 1. The topological polar surface area (TPSA) is 60.5 Å². The van der Waals surface area contributed by atoms with Crippen molar-refractivity contribution < 1.29 is 14.3 Å². The van der Waals surface area contributed by atoms with Gasteiger partial charge < -0.3 is 9.47 Å². The Hall–Kier alpha value is -3.16. The molecule has 0 aliphatic rings. The number of hydrogen-bond donors (Lipinski definition) is 1. The van der Waals surface area contributed by atoms with E-state index in [1.807, 2.05) is 78.2 Å². The van der Waals surface area contributed by atoms with E-state index in [0.29, 0.717) is 10.9 Å². The van der Waals surface area contributed by atoms with Crippen molar-refractivity contribution in [1.29, 1.82) is 0 Å². The minimum absolute atomic E-state index is 0.110. The zero-order valence-corrected chi connectivity index (χ0v) is 19.1. The van der Waals surface area contributed by atoms with Gasteiger partial charge >= 0.3 is 0 Å². The van der Waals surface area contributed by atoms with Gasteiger partial charge in [0.15, 0.2) is 11.7 Å². The van der Waals surface area contributed by atoms with Gasteiger partial charge in [0, 0.05) is 10.9 Å². The number of methoxy groups -OCH3 is 1. The van der Waals surface area contributed by atoms with Crippen LogP contribution >= 0.6 is 27.3 Å². The van der Waals surface area contributed by atoms with Crippen molar-refractivity contribution in [3.05, 3.63) is 82.6 Å². The molecule has 0 spiro atoms. The Kier molecular flexibility index (Phi) is 6.64. The van der Waals surface area contributed by atoms with Crippen LogP contribution in [0.3, 0.4) is 0 Å². The molecule has 0 atom stereocenters. The SMILES string of the molecule is COc1ccc(-c2csc(NC(=O)COc3ccc(-c4ccccc4)cc3Br)n2)cc1. The van der Waals surface area contributed by atoms with Crippen LogP contribution < -0.4 is 14.8 Å². The first-order valence-corrected chi connectivity index (χ1v) is 11.2. The first-order chi connectivity index (χ1) is 15.1. The van der Waals surface area contributed by atoms with Crippen LogP contribution in [0.15, 0.2) is 82.6 Å². The number of amides is 1. The minimum Gasteiger partial charge on any atom is -0.497 e. The molecule has 1 amide bonds. The molecule has 0 unspecified atom stereocenters. The highest BCUT2D eigenvalue weighted by Crippen LogP contribution is 2.31. The molecular weight excluding hydrogens is 476 g/mol. The maximum atomic E-state index is 12.3. The second kappa shape index (κ2) is 9.76. The molecule has 0 fully saturated rings. The minimum atomic E-state index is -0.269. The average molecular weight is 495 g/mol. The molecule has 5 nitrogen and oxygen atoms in total. The molecule has 31 heavy (non-hydrogen) atoms. The number of carbonyl (C=O) groups is 1. The van der Waals surface area contributed by atoms with Crippen molar-refractivity contribution in [2.45, 2.75) is 0 Å². The highest BCUT2D eigenvalue weighted by molar-refractivity contribution is 9.10. The summed E-state index contributed by atoms with van der Waals surface area (Å²) in [5.74, 6) is 1.12. The predicted molar refractivity (Wildman–Crippen MR) is 128 cm³/mol. The van der Waals surface area contributed by atoms with Gasteiger partial charge in [0.25, 0.3) is 5.91 Å². The first kappa shape index (κ1) is 21.1. The van der Waals surface area contributed by atoms with Crippen molar-refractivity contribution in [2.24, 2.45) is 0 Å². The number of thiazole rings is 1. The third-order valence-corrected chi connectivity index (χ3v) is 5.91. The summed E-state index contributed by atoms with van der Waals surface area (Å²) >= 11 is 4.89. The Balaban J connectivity index is 1.35. The van der Waals surface area contributed by atoms with Gasteiger partial charge in [-0.1, -0.05) is 36.4 Å². The molecule has 0 saturated carbocycles. The van der Waals surface area contributed by atoms with Crippen LogP contribution in [0.1, 0.15) is 0 Å². The quantitative estimate of drug-likeness (QED) is 0.329. The van der Waals surface area contributed by atoms with Crippen molar-refractivity contribution in [3.8, 4) is 33.9 Å². The van der Waals surface area contributed by atoms with Crippen LogP contribution in [0.25, 0.3) is 22.4 Å². The van der Waals surface area contributed by atoms with Crippen LogP contribution in [-0.4, -0.2) is 24.6 Å². The Labute approximate surface area is 192 Å². The van der Waals surface area contributed by atoms with Crippen LogP contribution in [0.2, 0.25) is 0 Å². The summed E-state index contributed by atoms with van der Waals surface area (Å²) in [6, 6.07) is 23.5. The van der Waals surface area contributed by atoms with E-state index in [1.165, 1.54) is 11.3 Å². The van der Waals surface area contributed by atoms with E-state index in [-0.39, 0.29) is 12.5 Å². The third-order valence-electron chi connectivity index (χ3n) is 4.53. The lowest BCUT2D eigenvalue weighted by Gasteiger charge is -2.10. The first-order valence-electron chi connectivity index (χ1n) is 9.50. The molecule has 0 aliphatic carbocycles. The zero-order chi connectivity index (χ0) is 21.6. The summed E-state index contributed by atoms with van der Waals surface area (Å²) in [4.78, 5) is 16.8. The molecule has 1 N–H and O–H groups in total. The standard InChI is InChI=1S/C24H19BrN2O3S/c1-29-19-10-7-17(8-11-19)21-15-31-24(26-21)27-23(28)14-30-22-12-9-18(13-20(22)25)16-5-3-2-4-6-16/h2-13,15H,14H2,1H3,(H,26,27,28). The molecular formula is C24H19BrN2O3S. The van der Waals surface area contributed by atoms with Gasteiger partial charge in [-0.25, -0.2) is 4.98 Å². The molecule has 0 radical (unpaired) electrons. The summed E-state index contributed by atoms with van der Waals surface area (Å²) in [5, 5.41) is 5.21. The highest BCUT2D eigenvalue weighted by atomic mass is 79.9. The number of hydrogen-bond acceptors (Lipinski definition) is 5. The number of aromatic nitrogens is 1. The van der Waals surface area contributed by atoms with E-state index in [9.17, 15) is 4.79 Å². The number of benzene rings is 3. The van der Waals surface area contributed by atoms with Gasteiger partial charge in [0.05, 0.1) is 17.3 Å². The molecule has 0 bridgehead atoms. The molecule has 1 heterocycles. The summed E-state index contributed by atoms with van der Waals surface area (Å²) < 4.78 is 11.6.